The Hall–Kier alpha value is -2.69. The predicted octanol–water partition coefficient (Wildman–Crippen LogP) is 1.53. The van der Waals surface area contributed by atoms with Crippen molar-refractivity contribution in [2.75, 3.05) is 19.1 Å². The molecule has 1 aromatic rings. The zero-order chi connectivity index (χ0) is 18.3. The Bertz CT molecular complexity index is 665. The lowest BCUT2D eigenvalue weighted by Gasteiger charge is -2.16. The molecule has 0 saturated carbocycles. The second kappa shape index (κ2) is 8.82. The number of nitrogens with zero attached hydrogens (tertiary/aromatic N) is 2. The van der Waals surface area contributed by atoms with Crippen LogP contribution in [0, 0.1) is 20.2 Å². The van der Waals surface area contributed by atoms with Gasteiger partial charge in [-0.3, -0.25) is 25.0 Å². The molecule has 0 radical (unpaired) electrons. The van der Waals surface area contributed by atoms with Crippen LogP contribution in [0.1, 0.15) is 16.8 Å². The Labute approximate surface area is 140 Å². The first kappa shape index (κ1) is 19.4. The average Bonchev–Trinajstić information content (AvgIpc) is 2.56. The Morgan fingerprint density at radius 2 is 1.96 bits per heavy atom. The van der Waals surface area contributed by atoms with Crippen LogP contribution in [0.15, 0.2) is 18.2 Å². The lowest BCUT2D eigenvalue weighted by atomic mass is 10.1. The van der Waals surface area contributed by atoms with Gasteiger partial charge in [0.1, 0.15) is 11.6 Å². The third-order valence-corrected chi connectivity index (χ3v) is 3.68. The van der Waals surface area contributed by atoms with Crippen LogP contribution >= 0.6 is 11.8 Å². The maximum absolute atomic E-state index is 12.2. The molecule has 1 atom stereocenters. The topological polar surface area (TPSA) is 142 Å². The van der Waals surface area contributed by atoms with Gasteiger partial charge in [0.15, 0.2) is 0 Å². The number of methoxy groups -OCH3 is 1. The second-order valence-corrected chi connectivity index (χ2v) is 5.53. The second-order valence-electron chi connectivity index (χ2n) is 4.55. The summed E-state index contributed by atoms with van der Waals surface area (Å²) in [5.74, 6) is -1.00. The lowest BCUT2D eigenvalue weighted by Crippen LogP contribution is -2.42. The molecule has 0 fully saturated rings. The molecule has 0 aliphatic carbocycles. The van der Waals surface area contributed by atoms with Crippen LogP contribution in [0.25, 0.3) is 0 Å². The number of hydrogen-bond acceptors (Lipinski definition) is 8. The van der Waals surface area contributed by atoms with E-state index in [0.717, 1.165) is 19.2 Å². The molecule has 24 heavy (non-hydrogen) atoms. The van der Waals surface area contributed by atoms with Crippen LogP contribution in [0.4, 0.5) is 11.4 Å². The van der Waals surface area contributed by atoms with Crippen LogP contribution < -0.4 is 5.32 Å². The van der Waals surface area contributed by atoms with Crippen LogP contribution in [0.2, 0.25) is 0 Å². The number of esters is 1. The van der Waals surface area contributed by atoms with Gasteiger partial charge in [0.2, 0.25) is 0 Å². The summed E-state index contributed by atoms with van der Waals surface area (Å²) in [6, 6.07) is 1.69. The average molecular weight is 357 g/mol. The summed E-state index contributed by atoms with van der Waals surface area (Å²) in [5.41, 5.74) is -1.59. The van der Waals surface area contributed by atoms with Crippen molar-refractivity contribution in [2.45, 2.75) is 12.5 Å². The molecule has 1 aromatic carbocycles. The zero-order valence-corrected chi connectivity index (χ0v) is 13.7. The molecular weight excluding hydrogens is 342 g/mol. The molecule has 0 bridgehead atoms. The maximum atomic E-state index is 12.2. The highest BCUT2D eigenvalue weighted by Gasteiger charge is 2.28. The first-order chi connectivity index (χ1) is 11.3. The van der Waals surface area contributed by atoms with Crippen LogP contribution in [-0.4, -0.2) is 46.9 Å². The number of benzene rings is 1. The van der Waals surface area contributed by atoms with E-state index >= 15 is 0 Å². The first-order valence-electron chi connectivity index (χ1n) is 6.62. The SMILES string of the molecule is COC(=O)[C@H](CCSC)NC(=O)c1ccc([N+](=O)[O-])cc1[N+](=O)[O-]. The number of thioether (sulfide) groups is 1. The normalized spacial score (nSPS) is 11.4. The summed E-state index contributed by atoms with van der Waals surface area (Å²) in [5, 5.41) is 24.1. The summed E-state index contributed by atoms with van der Waals surface area (Å²) in [6.45, 7) is 0. The number of nitro benzene ring substituents is 2. The van der Waals surface area contributed by atoms with Gasteiger partial charge in [0.05, 0.1) is 23.0 Å². The molecule has 0 unspecified atom stereocenters. The minimum atomic E-state index is -0.968. The third kappa shape index (κ3) is 4.91. The van der Waals surface area contributed by atoms with Crippen LogP contribution in [-0.2, 0) is 9.53 Å². The number of hydrogen-bond donors (Lipinski definition) is 1. The largest absolute Gasteiger partial charge is 0.467 e. The molecule has 0 saturated heterocycles. The minimum Gasteiger partial charge on any atom is -0.467 e. The molecule has 10 nitrogen and oxygen atoms in total. The van der Waals surface area contributed by atoms with E-state index in [9.17, 15) is 29.8 Å². The monoisotopic (exact) mass is 357 g/mol. The van der Waals surface area contributed by atoms with Crippen molar-refractivity contribution in [1.82, 2.24) is 5.32 Å². The summed E-state index contributed by atoms with van der Waals surface area (Å²) < 4.78 is 4.59. The maximum Gasteiger partial charge on any atom is 0.328 e. The molecule has 0 aromatic heterocycles. The first-order valence-corrected chi connectivity index (χ1v) is 8.01. The van der Waals surface area contributed by atoms with Crippen molar-refractivity contribution in [1.29, 1.82) is 0 Å². The number of carbonyl (C=O) groups is 2. The van der Waals surface area contributed by atoms with Crippen molar-refractivity contribution in [3.63, 3.8) is 0 Å². The number of non-ortho nitro benzene ring substituents is 1. The van der Waals surface area contributed by atoms with Crippen molar-refractivity contribution in [2.24, 2.45) is 0 Å². The molecule has 1 amide bonds. The predicted molar refractivity (Wildman–Crippen MR) is 86.0 cm³/mol. The van der Waals surface area contributed by atoms with E-state index in [1.807, 2.05) is 6.26 Å². The van der Waals surface area contributed by atoms with E-state index in [4.69, 9.17) is 0 Å². The van der Waals surface area contributed by atoms with E-state index in [1.165, 1.54) is 11.8 Å². The van der Waals surface area contributed by atoms with E-state index in [2.05, 4.69) is 10.1 Å². The van der Waals surface area contributed by atoms with E-state index < -0.39 is 39.1 Å². The van der Waals surface area contributed by atoms with Gasteiger partial charge in [-0.25, -0.2) is 4.79 Å². The minimum absolute atomic E-state index is 0.278. The van der Waals surface area contributed by atoms with E-state index in [1.54, 1.807) is 0 Å². The fourth-order valence-corrected chi connectivity index (χ4v) is 2.31. The Morgan fingerprint density at radius 3 is 2.46 bits per heavy atom. The highest BCUT2D eigenvalue weighted by molar-refractivity contribution is 7.98. The van der Waals surface area contributed by atoms with Crippen molar-refractivity contribution >= 4 is 35.0 Å². The van der Waals surface area contributed by atoms with Gasteiger partial charge in [-0.15, -0.1) is 0 Å². The van der Waals surface area contributed by atoms with Crippen molar-refractivity contribution in [3.05, 3.63) is 44.0 Å². The fraction of sp³-hybridized carbons (Fsp3) is 0.385. The van der Waals surface area contributed by atoms with Crippen molar-refractivity contribution in [3.8, 4) is 0 Å². The molecule has 0 spiro atoms. The van der Waals surface area contributed by atoms with Gasteiger partial charge in [-0.05, 0) is 24.5 Å². The van der Waals surface area contributed by atoms with Crippen molar-refractivity contribution < 1.29 is 24.2 Å². The van der Waals surface area contributed by atoms with E-state index in [0.29, 0.717) is 11.8 Å². The number of nitrogens with one attached hydrogen (secondary N) is 1. The molecule has 0 aliphatic rings. The third-order valence-electron chi connectivity index (χ3n) is 3.04. The van der Waals surface area contributed by atoms with Gasteiger partial charge in [-0.1, -0.05) is 0 Å². The number of amides is 1. The lowest BCUT2D eigenvalue weighted by molar-refractivity contribution is -0.394. The molecule has 130 valence electrons. The summed E-state index contributed by atoms with van der Waals surface area (Å²) >= 11 is 1.45. The Balaban J connectivity index is 3.10. The van der Waals surface area contributed by atoms with Gasteiger partial charge in [-0.2, -0.15) is 11.8 Å². The number of carbonyl (C=O) groups excluding carboxylic acids is 2. The van der Waals surface area contributed by atoms with Crippen LogP contribution in [0.5, 0.6) is 0 Å². The highest BCUT2D eigenvalue weighted by Crippen LogP contribution is 2.24. The van der Waals surface area contributed by atoms with Gasteiger partial charge in [0.25, 0.3) is 17.3 Å². The number of nitro groups is 2. The molecule has 0 heterocycles. The summed E-state index contributed by atoms with van der Waals surface area (Å²) in [7, 11) is 1.16. The molecule has 1 rings (SSSR count). The Kier molecular flexibility index (Phi) is 7.11. The smallest absolute Gasteiger partial charge is 0.328 e. The van der Waals surface area contributed by atoms with Crippen LogP contribution in [0.3, 0.4) is 0 Å². The summed E-state index contributed by atoms with van der Waals surface area (Å²) in [6.07, 6.45) is 2.09. The standard InChI is InChI=1S/C13H15N3O7S/c1-23-13(18)10(5-6-24-2)14-12(17)9-4-3-8(15(19)20)7-11(9)16(21)22/h3-4,7,10H,5-6H2,1-2H3,(H,14,17)/t10-/m0/s1. The molecule has 0 aliphatic heterocycles. The number of rotatable bonds is 8. The molecule has 11 heteroatoms. The Morgan fingerprint density at radius 1 is 1.29 bits per heavy atom. The highest BCUT2D eigenvalue weighted by atomic mass is 32.2. The van der Waals surface area contributed by atoms with Gasteiger partial charge < -0.3 is 10.1 Å². The van der Waals surface area contributed by atoms with Gasteiger partial charge >= 0.3 is 5.97 Å². The molecule has 1 N–H and O–H groups in total. The molecular formula is C13H15N3O7S. The quantitative estimate of drug-likeness (QED) is 0.419. The van der Waals surface area contributed by atoms with Gasteiger partial charge in [0, 0.05) is 6.07 Å². The summed E-state index contributed by atoms with van der Waals surface area (Å²) in [4.78, 5) is 44.0. The number of ether oxygens (including phenoxy) is 1. The van der Waals surface area contributed by atoms with E-state index in [-0.39, 0.29) is 12.0 Å². The fourth-order valence-electron chi connectivity index (χ4n) is 1.84. The zero-order valence-electron chi connectivity index (χ0n) is 12.9.